The summed E-state index contributed by atoms with van der Waals surface area (Å²) >= 11 is 0. The highest BCUT2D eigenvalue weighted by Gasteiger charge is 2.26. The number of ether oxygens (including phenoxy) is 1. The molecule has 2 heterocycles. The van der Waals surface area contributed by atoms with Crippen LogP contribution in [0.1, 0.15) is 38.2 Å². The van der Waals surface area contributed by atoms with Crippen molar-refractivity contribution in [3.8, 4) is 5.75 Å². The van der Waals surface area contributed by atoms with Gasteiger partial charge >= 0.3 is 0 Å². The van der Waals surface area contributed by atoms with Gasteiger partial charge in [-0.2, -0.15) is 0 Å². The molecule has 3 rings (SSSR count). The summed E-state index contributed by atoms with van der Waals surface area (Å²) in [6.45, 7) is 8.62. The zero-order valence-corrected chi connectivity index (χ0v) is 14.6. The minimum Gasteiger partial charge on any atom is -0.493 e. The summed E-state index contributed by atoms with van der Waals surface area (Å²) in [5, 5.41) is 3.61. The van der Waals surface area contributed by atoms with Gasteiger partial charge in [0.1, 0.15) is 5.75 Å². The number of nitrogens with one attached hydrogen (secondary N) is 1. The molecule has 2 aliphatic rings. The number of nitrogens with zero attached hydrogens (tertiary/aromatic N) is 2. The maximum atomic E-state index is 5.76. The van der Waals surface area contributed by atoms with Crippen LogP contribution >= 0.6 is 0 Å². The van der Waals surface area contributed by atoms with Crippen LogP contribution in [0.2, 0.25) is 0 Å². The average Bonchev–Trinajstić information content (AvgIpc) is 2.54. The van der Waals surface area contributed by atoms with Crippen molar-refractivity contribution in [2.24, 2.45) is 16.8 Å². The van der Waals surface area contributed by atoms with Crippen molar-refractivity contribution in [2.75, 3.05) is 33.3 Å². The first-order chi connectivity index (χ1) is 11.2. The van der Waals surface area contributed by atoms with Gasteiger partial charge in [0.2, 0.25) is 0 Å². The van der Waals surface area contributed by atoms with Crippen LogP contribution in [0.15, 0.2) is 29.3 Å². The van der Waals surface area contributed by atoms with Crippen molar-refractivity contribution in [3.63, 3.8) is 0 Å². The lowest BCUT2D eigenvalue weighted by Gasteiger charge is -2.37. The lowest BCUT2D eigenvalue weighted by Crippen LogP contribution is -2.49. The van der Waals surface area contributed by atoms with Gasteiger partial charge in [-0.1, -0.05) is 32.0 Å². The van der Waals surface area contributed by atoms with E-state index in [-0.39, 0.29) is 0 Å². The number of aliphatic imine (C=N–C) groups is 1. The van der Waals surface area contributed by atoms with Crippen molar-refractivity contribution in [1.82, 2.24) is 10.2 Å². The Balaban J connectivity index is 1.63. The summed E-state index contributed by atoms with van der Waals surface area (Å²) in [6, 6.07) is 8.41. The minimum absolute atomic E-state index is 0.497. The molecule has 3 unspecified atom stereocenters. The summed E-state index contributed by atoms with van der Waals surface area (Å²) in [7, 11) is 1.89. The predicted molar refractivity (Wildman–Crippen MR) is 95.2 cm³/mol. The number of piperidine rings is 1. The predicted octanol–water partition coefficient (Wildman–Crippen LogP) is 3.11. The van der Waals surface area contributed by atoms with Crippen LogP contribution in [0.4, 0.5) is 0 Å². The summed E-state index contributed by atoms with van der Waals surface area (Å²) in [6.07, 6.45) is 2.38. The highest BCUT2D eigenvalue weighted by Crippen LogP contribution is 2.32. The molecule has 1 aromatic carbocycles. The number of fused-ring (bicyclic) bond motifs is 1. The topological polar surface area (TPSA) is 36.9 Å². The molecule has 126 valence electrons. The van der Waals surface area contributed by atoms with E-state index in [1.807, 2.05) is 13.1 Å². The maximum absolute atomic E-state index is 5.76. The molecule has 1 N–H and O–H groups in total. The molecule has 2 aliphatic heterocycles. The molecule has 0 aliphatic carbocycles. The van der Waals surface area contributed by atoms with E-state index in [1.54, 1.807) is 0 Å². The lowest BCUT2D eigenvalue weighted by atomic mass is 9.92. The Morgan fingerprint density at radius 1 is 1.26 bits per heavy atom. The molecule has 0 bridgehead atoms. The molecule has 0 aromatic heterocycles. The van der Waals surface area contributed by atoms with E-state index in [1.165, 1.54) is 12.0 Å². The summed E-state index contributed by atoms with van der Waals surface area (Å²) in [5.74, 6) is 4.06. The average molecular weight is 315 g/mol. The number of likely N-dealkylation sites (tertiary alicyclic amines) is 1. The fourth-order valence-electron chi connectivity index (χ4n) is 4.01. The summed E-state index contributed by atoms with van der Waals surface area (Å²) in [4.78, 5) is 6.94. The molecule has 0 saturated carbocycles. The fourth-order valence-corrected chi connectivity index (χ4v) is 4.01. The van der Waals surface area contributed by atoms with Gasteiger partial charge in [-0.15, -0.1) is 0 Å². The van der Waals surface area contributed by atoms with Crippen molar-refractivity contribution in [1.29, 1.82) is 0 Å². The van der Waals surface area contributed by atoms with Gasteiger partial charge in [0.05, 0.1) is 6.61 Å². The molecule has 1 saturated heterocycles. The van der Waals surface area contributed by atoms with E-state index in [9.17, 15) is 0 Å². The van der Waals surface area contributed by atoms with E-state index in [0.29, 0.717) is 5.92 Å². The van der Waals surface area contributed by atoms with Crippen LogP contribution < -0.4 is 10.1 Å². The van der Waals surface area contributed by atoms with Gasteiger partial charge in [0.25, 0.3) is 0 Å². The molecule has 4 nitrogen and oxygen atoms in total. The molecule has 4 heteroatoms. The van der Waals surface area contributed by atoms with Crippen LogP contribution in [0.25, 0.3) is 0 Å². The fraction of sp³-hybridized carbons (Fsp3) is 0.632. The molecular formula is C19H29N3O. The molecule has 0 amide bonds. The molecule has 23 heavy (non-hydrogen) atoms. The first kappa shape index (κ1) is 16.2. The van der Waals surface area contributed by atoms with E-state index < -0.39 is 0 Å². The molecular weight excluding hydrogens is 286 g/mol. The molecule has 0 radical (unpaired) electrons. The van der Waals surface area contributed by atoms with E-state index >= 15 is 0 Å². The first-order valence-corrected chi connectivity index (χ1v) is 8.84. The maximum Gasteiger partial charge on any atom is 0.193 e. The number of benzene rings is 1. The third-order valence-corrected chi connectivity index (χ3v) is 4.97. The number of para-hydroxylation sites is 1. The number of rotatable bonds is 2. The van der Waals surface area contributed by atoms with Crippen molar-refractivity contribution in [3.05, 3.63) is 29.8 Å². The molecule has 0 spiro atoms. The minimum atomic E-state index is 0.497. The second-order valence-electron chi connectivity index (χ2n) is 7.15. The lowest BCUT2D eigenvalue weighted by molar-refractivity contribution is 0.207. The van der Waals surface area contributed by atoms with Gasteiger partial charge in [0.15, 0.2) is 5.96 Å². The molecule has 1 fully saturated rings. The number of guanidine groups is 1. The van der Waals surface area contributed by atoms with Gasteiger partial charge in [0, 0.05) is 32.6 Å². The summed E-state index contributed by atoms with van der Waals surface area (Å²) in [5.41, 5.74) is 1.32. The van der Waals surface area contributed by atoms with Crippen molar-refractivity contribution in [2.45, 2.75) is 32.6 Å². The Bertz CT molecular complexity index is 547. The highest BCUT2D eigenvalue weighted by atomic mass is 16.5. The second kappa shape index (κ2) is 7.24. The zero-order chi connectivity index (χ0) is 16.2. The molecule has 3 atom stereocenters. The third-order valence-electron chi connectivity index (χ3n) is 4.97. The Morgan fingerprint density at radius 2 is 2.00 bits per heavy atom. The van der Waals surface area contributed by atoms with E-state index in [0.717, 1.165) is 56.2 Å². The van der Waals surface area contributed by atoms with Crippen LogP contribution in [0.3, 0.4) is 0 Å². The Labute approximate surface area is 139 Å². The second-order valence-corrected chi connectivity index (χ2v) is 7.15. The van der Waals surface area contributed by atoms with E-state index in [4.69, 9.17) is 4.74 Å². The van der Waals surface area contributed by atoms with Gasteiger partial charge in [-0.05, 0) is 36.3 Å². The largest absolute Gasteiger partial charge is 0.493 e. The Hall–Kier alpha value is -1.71. The number of hydrogen-bond donors (Lipinski definition) is 1. The Morgan fingerprint density at radius 3 is 2.74 bits per heavy atom. The Kier molecular flexibility index (Phi) is 5.09. The van der Waals surface area contributed by atoms with Crippen LogP contribution in [-0.4, -0.2) is 44.1 Å². The summed E-state index contributed by atoms with van der Waals surface area (Å²) < 4.78 is 5.76. The first-order valence-electron chi connectivity index (χ1n) is 8.84. The quantitative estimate of drug-likeness (QED) is 0.673. The van der Waals surface area contributed by atoms with Crippen molar-refractivity contribution >= 4 is 5.96 Å². The highest BCUT2D eigenvalue weighted by molar-refractivity contribution is 5.80. The smallest absolute Gasteiger partial charge is 0.193 e. The van der Waals surface area contributed by atoms with Gasteiger partial charge in [-0.3, -0.25) is 4.99 Å². The van der Waals surface area contributed by atoms with Gasteiger partial charge in [-0.25, -0.2) is 0 Å². The normalized spacial score (nSPS) is 28.0. The third kappa shape index (κ3) is 3.80. The molecule has 1 aromatic rings. The van der Waals surface area contributed by atoms with Crippen molar-refractivity contribution < 1.29 is 4.74 Å². The SMILES string of the molecule is CN=C(NCC1CCOc2ccccc21)N1CC(C)CC(C)C1. The van der Waals surface area contributed by atoms with E-state index in [2.05, 4.69) is 47.3 Å². The van der Waals surface area contributed by atoms with Crippen LogP contribution in [0, 0.1) is 11.8 Å². The standard InChI is InChI=1S/C19H29N3O/c1-14-10-15(2)13-22(12-14)19(20-3)21-11-16-8-9-23-18-7-5-4-6-17(16)18/h4-7,14-16H,8-13H2,1-3H3,(H,20,21). The monoisotopic (exact) mass is 315 g/mol. The van der Waals surface area contributed by atoms with Crippen LogP contribution in [0.5, 0.6) is 5.75 Å². The van der Waals surface area contributed by atoms with Crippen LogP contribution in [-0.2, 0) is 0 Å². The number of hydrogen-bond acceptors (Lipinski definition) is 2. The van der Waals surface area contributed by atoms with Gasteiger partial charge < -0.3 is 15.0 Å². The zero-order valence-electron chi connectivity index (χ0n) is 14.6.